The molecule has 2 N–H and O–H groups in total. The van der Waals surface area contributed by atoms with Crippen LogP contribution < -0.4 is 5.32 Å². The van der Waals surface area contributed by atoms with Crippen molar-refractivity contribution in [1.82, 2.24) is 20.0 Å². The van der Waals surface area contributed by atoms with Crippen molar-refractivity contribution in [1.29, 1.82) is 0 Å². The summed E-state index contributed by atoms with van der Waals surface area (Å²) in [7, 11) is 1.59. The van der Waals surface area contributed by atoms with Crippen molar-refractivity contribution in [2.45, 2.75) is 18.4 Å². The van der Waals surface area contributed by atoms with Crippen LogP contribution in [0.25, 0.3) is 0 Å². The Kier molecular flexibility index (Phi) is 8.34. The number of aromatic nitrogens is 2. The van der Waals surface area contributed by atoms with Gasteiger partial charge in [-0.05, 0) is 25.0 Å². The number of hydrogen-bond acceptors (Lipinski definition) is 5. The van der Waals surface area contributed by atoms with E-state index >= 15 is 0 Å². The molecule has 0 spiro atoms. The Hall–Kier alpha value is -2.68. The summed E-state index contributed by atoms with van der Waals surface area (Å²) in [6.45, 7) is 5.17. The molecular formula is C16H24N4O5. The van der Waals surface area contributed by atoms with Gasteiger partial charge in [-0.2, -0.15) is 5.10 Å². The summed E-state index contributed by atoms with van der Waals surface area (Å²) in [6, 6.07) is 1.80. The fourth-order valence-corrected chi connectivity index (χ4v) is 2.74. The maximum Gasteiger partial charge on any atom is 0.290 e. The predicted octanol–water partition coefficient (Wildman–Crippen LogP) is -0.150. The van der Waals surface area contributed by atoms with Crippen molar-refractivity contribution in [2.75, 3.05) is 33.4 Å². The second-order valence-electron chi connectivity index (χ2n) is 5.37. The Labute approximate surface area is 146 Å². The smallest absolute Gasteiger partial charge is 0.290 e. The zero-order valence-electron chi connectivity index (χ0n) is 14.3. The first kappa shape index (κ1) is 20.4. The number of methoxy groups -OCH3 is 1. The molecule has 0 saturated carbocycles. The Morgan fingerprint density at radius 3 is 2.56 bits per heavy atom. The van der Waals surface area contributed by atoms with Crippen LogP contribution in [0.3, 0.4) is 0 Å². The molecule has 2 heterocycles. The van der Waals surface area contributed by atoms with E-state index in [0.717, 1.165) is 0 Å². The highest BCUT2D eigenvalue weighted by Gasteiger charge is 2.44. The average molecular weight is 352 g/mol. The van der Waals surface area contributed by atoms with Crippen molar-refractivity contribution >= 4 is 18.3 Å². The van der Waals surface area contributed by atoms with Crippen LogP contribution in [0, 0.1) is 0 Å². The molecule has 1 aliphatic rings. The van der Waals surface area contributed by atoms with Gasteiger partial charge >= 0.3 is 0 Å². The first-order chi connectivity index (χ1) is 12.1. The van der Waals surface area contributed by atoms with Crippen molar-refractivity contribution in [2.24, 2.45) is 0 Å². The highest BCUT2D eigenvalue weighted by molar-refractivity contribution is 5.88. The molecule has 1 fully saturated rings. The highest BCUT2D eigenvalue weighted by atomic mass is 16.5. The summed E-state index contributed by atoms with van der Waals surface area (Å²) >= 11 is 0. The van der Waals surface area contributed by atoms with Gasteiger partial charge in [-0.15, -0.1) is 0 Å². The molecule has 0 bridgehead atoms. The minimum Gasteiger partial charge on any atom is -0.483 e. The topological polar surface area (TPSA) is 114 Å². The molecule has 1 aromatic rings. The number of rotatable bonds is 6. The van der Waals surface area contributed by atoms with Gasteiger partial charge in [-0.25, -0.2) is 0 Å². The van der Waals surface area contributed by atoms with E-state index < -0.39 is 5.54 Å². The summed E-state index contributed by atoms with van der Waals surface area (Å²) < 4.78 is 6.66. The van der Waals surface area contributed by atoms with Crippen LogP contribution in [0.4, 0.5) is 0 Å². The maximum absolute atomic E-state index is 12.7. The standard InChI is InChI=1S/C15H22N4O3.CH2O2/c1-3-13(20)18-10-5-15(6-11-18,19-9-4-7-17-19)14(21)16-8-12-22-2;2-1-3/h3-4,7,9H,1,5-6,8,10-12H2,2H3,(H,16,21);1H,(H,2,3). The largest absolute Gasteiger partial charge is 0.483 e. The Morgan fingerprint density at radius 1 is 1.44 bits per heavy atom. The molecule has 25 heavy (non-hydrogen) atoms. The molecule has 0 radical (unpaired) electrons. The van der Waals surface area contributed by atoms with Gasteiger partial charge in [0.1, 0.15) is 5.54 Å². The van der Waals surface area contributed by atoms with E-state index in [0.29, 0.717) is 39.1 Å². The van der Waals surface area contributed by atoms with Crippen LogP contribution in [-0.4, -0.2) is 71.4 Å². The second-order valence-corrected chi connectivity index (χ2v) is 5.37. The van der Waals surface area contributed by atoms with E-state index in [-0.39, 0.29) is 18.3 Å². The predicted molar refractivity (Wildman–Crippen MR) is 89.8 cm³/mol. The summed E-state index contributed by atoms with van der Waals surface area (Å²) in [5.74, 6) is -0.187. The molecule has 0 unspecified atom stereocenters. The average Bonchev–Trinajstić information content (AvgIpc) is 3.17. The number of carbonyl (C=O) groups excluding carboxylic acids is 2. The lowest BCUT2D eigenvalue weighted by Crippen LogP contribution is -2.56. The minimum absolute atomic E-state index is 0.0843. The zero-order chi connectivity index (χ0) is 18.7. The number of nitrogens with one attached hydrogen (secondary N) is 1. The quantitative estimate of drug-likeness (QED) is 0.418. The lowest BCUT2D eigenvalue weighted by Gasteiger charge is -2.40. The summed E-state index contributed by atoms with van der Waals surface area (Å²) in [5, 5.41) is 14.0. The molecule has 0 aromatic carbocycles. The van der Waals surface area contributed by atoms with Gasteiger partial charge in [-0.3, -0.25) is 19.1 Å². The molecule has 1 aromatic heterocycles. The van der Waals surface area contributed by atoms with Crippen LogP contribution in [-0.2, 0) is 24.7 Å². The van der Waals surface area contributed by atoms with Gasteiger partial charge < -0.3 is 20.1 Å². The van der Waals surface area contributed by atoms with Crippen LogP contribution in [0.5, 0.6) is 0 Å². The van der Waals surface area contributed by atoms with Crippen molar-refractivity contribution in [3.8, 4) is 0 Å². The van der Waals surface area contributed by atoms with Gasteiger partial charge in [0.15, 0.2) is 0 Å². The third-order valence-corrected chi connectivity index (χ3v) is 4.03. The maximum atomic E-state index is 12.7. The first-order valence-corrected chi connectivity index (χ1v) is 7.82. The van der Waals surface area contributed by atoms with Crippen LogP contribution >= 0.6 is 0 Å². The van der Waals surface area contributed by atoms with Crippen molar-refractivity contribution < 1.29 is 24.2 Å². The Bertz CT molecular complexity index is 565. The SMILES string of the molecule is C=CC(=O)N1CCC(C(=O)NCCOC)(n2cccn2)CC1.O=CO. The molecule has 9 heteroatoms. The zero-order valence-corrected chi connectivity index (χ0v) is 14.3. The third-order valence-electron chi connectivity index (χ3n) is 4.03. The molecule has 1 aliphatic heterocycles. The van der Waals surface area contributed by atoms with Gasteiger partial charge in [0.05, 0.1) is 6.61 Å². The normalized spacial score (nSPS) is 15.5. The van der Waals surface area contributed by atoms with Crippen LogP contribution in [0.2, 0.25) is 0 Å². The molecule has 138 valence electrons. The van der Waals surface area contributed by atoms with Gasteiger partial charge in [0.2, 0.25) is 11.8 Å². The molecule has 0 atom stereocenters. The van der Waals surface area contributed by atoms with Crippen LogP contribution in [0.1, 0.15) is 12.8 Å². The lowest BCUT2D eigenvalue weighted by molar-refractivity contribution is -0.137. The molecule has 1 saturated heterocycles. The fraction of sp³-hybridized carbons (Fsp3) is 0.500. The molecule has 2 rings (SSSR count). The second kappa shape index (κ2) is 10.2. The number of carbonyl (C=O) groups is 3. The van der Waals surface area contributed by atoms with Gasteiger partial charge in [0.25, 0.3) is 6.47 Å². The lowest BCUT2D eigenvalue weighted by atomic mass is 9.86. The highest BCUT2D eigenvalue weighted by Crippen LogP contribution is 2.30. The fourth-order valence-electron chi connectivity index (χ4n) is 2.74. The minimum atomic E-state index is -0.755. The van der Waals surface area contributed by atoms with E-state index in [1.807, 2.05) is 0 Å². The van der Waals surface area contributed by atoms with Gasteiger partial charge in [0, 0.05) is 39.1 Å². The first-order valence-electron chi connectivity index (χ1n) is 7.82. The molecule has 9 nitrogen and oxygen atoms in total. The number of piperidine rings is 1. The monoisotopic (exact) mass is 352 g/mol. The third kappa shape index (κ3) is 5.15. The molecule has 0 aliphatic carbocycles. The van der Waals surface area contributed by atoms with Crippen LogP contribution in [0.15, 0.2) is 31.1 Å². The number of carboxylic acid groups (broad SMARTS) is 1. The number of hydrogen-bond donors (Lipinski definition) is 2. The number of amides is 2. The van der Waals surface area contributed by atoms with Crippen molar-refractivity contribution in [3.63, 3.8) is 0 Å². The molecule has 2 amide bonds. The summed E-state index contributed by atoms with van der Waals surface area (Å²) in [5.41, 5.74) is -0.755. The van der Waals surface area contributed by atoms with Crippen molar-refractivity contribution in [3.05, 3.63) is 31.1 Å². The number of nitrogens with zero attached hydrogens (tertiary/aromatic N) is 3. The van der Waals surface area contributed by atoms with E-state index in [2.05, 4.69) is 17.0 Å². The molecular weight excluding hydrogens is 328 g/mol. The van der Waals surface area contributed by atoms with Gasteiger partial charge in [-0.1, -0.05) is 6.58 Å². The summed E-state index contributed by atoms with van der Waals surface area (Å²) in [4.78, 5) is 34.5. The number of ether oxygens (including phenoxy) is 1. The van der Waals surface area contributed by atoms with E-state index in [9.17, 15) is 9.59 Å². The Balaban J connectivity index is 0.000000970. The summed E-state index contributed by atoms with van der Waals surface area (Å²) in [6.07, 6.45) is 5.80. The Morgan fingerprint density at radius 2 is 2.08 bits per heavy atom. The van der Waals surface area contributed by atoms with E-state index in [4.69, 9.17) is 14.6 Å². The van der Waals surface area contributed by atoms with E-state index in [1.165, 1.54) is 6.08 Å². The number of likely N-dealkylation sites (tertiary alicyclic amines) is 1. The van der Waals surface area contributed by atoms with E-state index in [1.54, 1.807) is 35.2 Å².